The van der Waals surface area contributed by atoms with E-state index in [1.165, 1.54) is 0 Å². The maximum Gasteiger partial charge on any atom is 0.261 e. The van der Waals surface area contributed by atoms with Crippen molar-refractivity contribution in [1.29, 1.82) is 0 Å². The van der Waals surface area contributed by atoms with Gasteiger partial charge in [0.15, 0.2) is 0 Å². The number of ether oxygens (including phenoxy) is 7. The Labute approximate surface area is 420 Å². The lowest BCUT2D eigenvalue weighted by Gasteiger charge is -2.42. The van der Waals surface area contributed by atoms with Crippen LogP contribution in [0.2, 0.25) is 0 Å². The Morgan fingerprint density at radius 3 is 1.81 bits per heavy atom. The molecule has 5 atom stereocenters. The predicted molar refractivity (Wildman–Crippen MR) is 277 cm³/mol. The highest BCUT2D eigenvalue weighted by Crippen LogP contribution is 2.55. The van der Waals surface area contributed by atoms with E-state index < -0.39 is 17.7 Å². The summed E-state index contributed by atoms with van der Waals surface area (Å²) in [5.74, 6) is 2.17. The minimum atomic E-state index is -2.76. The van der Waals surface area contributed by atoms with E-state index in [9.17, 15) is 9.59 Å². The van der Waals surface area contributed by atoms with E-state index >= 15 is 0 Å². The summed E-state index contributed by atoms with van der Waals surface area (Å²) in [5, 5.41) is 10.1. The molecule has 2 amide bonds. The van der Waals surface area contributed by atoms with Crippen molar-refractivity contribution in [2.75, 3.05) is 106 Å². The van der Waals surface area contributed by atoms with Gasteiger partial charge in [-0.25, -0.2) is 5.09 Å². The zero-order chi connectivity index (χ0) is 49.4. The zero-order valence-corrected chi connectivity index (χ0v) is 44.2. The van der Waals surface area contributed by atoms with Gasteiger partial charge in [-0.2, -0.15) is 11.8 Å². The standard InChI is InChI=1S/C52H78N3O11PS2/c1-7-60-31-32-62-35-36-64-38-37-63-34-33-61-30-28-54-67(68,66-51(2,3)4)65-29-13-9-12-27-53-47(56)18-14-17-46-49-45(39-69-46)48(50(57)55-49)52(40-15-10-8-11-16-40,41-19-23-43(58-5)24-20-41)42-21-25-44(59-6)26-22-42/h8,10-11,15-16,19-26,45-46,48-49H,7,9,12-14,17-18,27-39H2,1-6H3,(H,53,56)(H,54,68)(H,55,57). The number of hydrogen-bond donors (Lipinski definition) is 3. The van der Waals surface area contributed by atoms with Gasteiger partial charge in [-0.1, -0.05) is 54.6 Å². The van der Waals surface area contributed by atoms with Crippen molar-refractivity contribution in [2.45, 2.75) is 88.5 Å². The van der Waals surface area contributed by atoms with E-state index in [0.29, 0.717) is 92.2 Å². The second kappa shape index (κ2) is 30.0. The Hall–Kier alpha value is -3.12. The van der Waals surface area contributed by atoms with Crippen LogP contribution >= 0.6 is 18.4 Å². The Kier molecular flexibility index (Phi) is 24.7. The van der Waals surface area contributed by atoms with E-state index in [1.54, 1.807) is 14.2 Å². The molecular weight excluding hydrogens is 938 g/mol. The molecule has 0 spiro atoms. The van der Waals surface area contributed by atoms with Crippen molar-refractivity contribution in [3.05, 3.63) is 95.6 Å². The number of methoxy groups -OCH3 is 2. The summed E-state index contributed by atoms with van der Waals surface area (Å²) in [5.41, 5.74) is 1.86. The molecule has 0 aromatic heterocycles. The van der Waals surface area contributed by atoms with Crippen LogP contribution in [0, 0.1) is 11.8 Å². The molecule has 2 aliphatic rings. The van der Waals surface area contributed by atoms with Crippen LogP contribution in [0.1, 0.15) is 82.9 Å². The quantitative estimate of drug-likeness (QED) is 0.0296. The smallest absolute Gasteiger partial charge is 0.261 e. The fraction of sp³-hybridized carbons (Fsp3) is 0.615. The third-order valence-corrected chi connectivity index (χ3v) is 16.5. The lowest BCUT2D eigenvalue weighted by atomic mass is 9.58. The average molecular weight is 1020 g/mol. The summed E-state index contributed by atoms with van der Waals surface area (Å²) in [6.45, 7) is 11.9. The molecule has 0 aliphatic carbocycles. The topological polar surface area (TPSA) is 153 Å². The summed E-state index contributed by atoms with van der Waals surface area (Å²) in [6, 6.07) is 26.7. The first kappa shape index (κ1) is 56.8. The number of nitrogens with one attached hydrogen (secondary N) is 3. The molecular formula is C52H78N3O11PS2. The molecule has 3 aromatic rings. The third kappa shape index (κ3) is 17.9. The van der Waals surface area contributed by atoms with Gasteiger partial charge in [-0.05, 0) is 118 Å². The molecule has 2 fully saturated rings. The number of fused-ring (bicyclic) bond motifs is 1. The molecule has 2 aliphatic heterocycles. The molecule has 2 heterocycles. The molecule has 14 nitrogen and oxygen atoms in total. The van der Waals surface area contributed by atoms with E-state index in [0.717, 1.165) is 66.0 Å². The monoisotopic (exact) mass is 1020 g/mol. The predicted octanol–water partition coefficient (Wildman–Crippen LogP) is 8.09. The van der Waals surface area contributed by atoms with Crippen LogP contribution < -0.4 is 25.2 Å². The minimum absolute atomic E-state index is 0.000845. The van der Waals surface area contributed by atoms with Gasteiger partial charge in [0, 0.05) is 43.3 Å². The van der Waals surface area contributed by atoms with Gasteiger partial charge in [0.25, 0.3) is 6.64 Å². The number of amides is 2. The summed E-state index contributed by atoms with van der Waals surface area (Å²) >= 11 is 7.77. The highest BCUT2D eigenvalue weighted by molar-refractivity contribution is 8.09. The number of rotatable bonds is 35. The molecule has 0 bridgehead atoms. The summed E-state index contributed by atoms with van der Waals surface area (Å²) in [7, 11) is 3.33. The normalized spacial score (nSPS) is 19.0. The molecule has 0 saturated carbocycles. The third-order valence-electron chi connectivity index (χ3n) is 12.1. The number of carbonyl (C=O) groups excluding carboxylic acids is 2. The van der Waals surface area contributed by atoms with Gasteiger partial charge < -0.3 is 52.8 Å². The van der Waals surface area contributed by atoms with Crippen LogP contribution in [0.5, 0.6) is 11.5 Å². The number of carbonyl (C=O) groups is 2. The van der Waals surface area contributed by atoms with Crippen molar-refractivity contribution < 1.29 is 51.8 Å². The SMILES string of the molecule is CCOCCOCCOCCOCCOCCNP(=S)(OCCCCCNC(=O)CCCC1SCC2C1NC(=O)C2C(c1ccccc1)(c1ccc(OC)cc1)c1ccc(OC)cc1)OC(C)(C)C. The molecule has 384 valence electrons. The molecule has 3 N–H and O–H groups in total. The van der Waals surface area contributed by atoms with Crippen molar-refractivity contribution in [3.63, 3.8) is 0 Å². The van der Waals surface area contributed by atoms with Crippen LogP contribution in [-0.4, -0.2) is 134 Å². The molecule has 3 aromatic carbocycles. The number of benzene rings is 3. The number of hydrogen-bond acceptors (Lipinski definition) is 13. The van der Waals surface area contributed by atoms with Crippen LogP contribution in [-0.2, 0) is 59.5 Å². The fourth-order valence-electron chi connectivity index (χ4n) is 9.01. The first-order valence-corrected chi connectivity index (χ1v) is 28.2. The van der Waals surface area contributed by atoms with E-state index in [-0.39, 0.29) is 34.9 Å². The first-order valence-electron chi connectivity index (χ1n) is 24.6. The number of unbranched alkanes of at least 4 members (excludes halogenated alkanes) is 2. The van der Waals surface area contributed by atoms with Crippen LogP contribution in [0.4, 0.5) is 0 Å². The maximum atomic E-state index is 14.5. The zero-order valence-electron chi connectivity index (χ0n) is 41.7. The van der Waals surface area contributed by atoms with Gasteiger partial charge in [-0.3, -0.25) is 9.59 Å². The Bertz CT molecular complexity index is 1930. The lowest BCUT2D eigenvalue weighted by molar-refractivity contribution is -0.124. The summed E-state index contributed by atoms with van der Waals surface area (Å²) in [4.78, 5) is 27.5. The Morgan fingerprint density at radius 2 is 1.26 bits per heavy atom. The fourth-order valence-corrected chi connectivity index (χ4v) is 13.5. The van der Waals surface area contributed by atoms with Gasteiger partial charge in [0.05, 0.1) is 97.2 Å². The summed E-state index contributed by atoms with van der Waals surface area (Å²) in [6.07, 6.45) is 4.53. The Balaban J connectivity index is 1.00. The average Bonchev–Trinajstić information content (AvgIpc) is 3.89. The Morgan fingerprint density at radius 1 is 0.710 bits per heavy atom. The lowest BCUT2D eigenvalue weighted by Crippen LogP contribution is -2.44. The molecule has 17 heteroatoms. The van der Waals surface area contributed by atoms with Gasteiger partial charge in [0.1, 0.15) is 11.5 Å². The maximum absolute atomic E-state index is 14.5. The van der Waals surface area contributed by atoms with Gasteiger partial charge >= 0.3 is 0 Å². The highest BCUT2D eigenvalue weighted by Gasteiger charge is 2.59. The van der Waals surface area contributed by atoms with Gasteiger partial charge in [-0.15, -0.1) is 0 Å². The van der Waals surface area contributed by atoms with E-state index in [1.807, 2.05) is 81.9 Å². The number of thioether (sulfide) groups is 1. The van der Waals surface area contributed by atoms with Crippen molar-refractivity contribution in [2.24, 2.45) is 11.8 Å². The summed E-state index contributed by atoms with van der Waals surface area (Å²) < 4.78 is 50.9. The minimum Gasteiger partial charge on any atom is -0.497 e. The second-order valence-corrected chi connectivity index (χ2v) is 22.5. The second-order valence-electron chi connectivity index (χ2n) is 18.1. The highest BCUT2D eigenvalue weighted by atomic mass is 32.5. The molecule has 5 unspecified atom stereocenters. The van der Waals surface area contributed by atoms with E-state index in [2.05, 4.69) is 52.1 Å². The van der Waals surface area contributed by atoms with Crippen molar-refractivity contribution in [3.8, 4) is 11.5 Å². The van der Waals surface area contributed by atoms with Crippen molar-refractivity contribution in [1.82, 2.24) is 15.7 Å². The molecule has 5 rings (SSSR count). The van der Waals surface area contributed by atoms with Crippen LogP contribution in [0.15, 0.2) is 78.9 Å². The molecule has 69 heavy (non-hydrogen) atoms. The largest absolute Gasteiger partial charge is 0.497 e. The first-order chi connectivity index (χ1) is 33.4. The van der Waals surface area contributed by atoms with Crippen LogP contribution in [0.3, 0.4) is 0 Å². The van der Waals surface area contributed by atoms with Crippen LogP contribution in [0.25, 0.3) is 0 Å². The molecule has 2 saturated heterocycles. The molecule has 0 radical (unpaired) electrons. The van der Waals surface area contributed by atoms with Crippen molar-refractivity contribution >= 4 is 42.0 Å². The van der Waals surface area contributed by atoms with E-state index in [4.69, 9.17) is 54.0 Å². The van der Waals surface area contributed by atoms with Gasteiger partial charge in [0.2, 0.25) is 11.8 Å².